The number of amides is 3. The van der Waals surface area contributed by atoms with E-state index in [2.05, 4.69) is 5.32 Å². The lowest BCUT2D eigenvalue weighted by Crippen LogP contribution is -2.56. The fraction of sp³-hybridized carbons (Fsp3) is 0.667. The lowest BCUT2D eigenvalue weighted by Gasteiger charge is -2.56. The third-order valence-electron chi connectivity index (χ3n) is 9.14. The van der Waals surface area contributed by atoms with E-state index in [-0.39, 0.29) is 29.2 Å². The number of carbonyl (C=O) groups is 3. The minimum Gasteiger partial charge on any atom is -0.330 e. The van der Waals surface area contributed by atoms with Crippen molar-refractivity contribution in [1.29, 1.82) is 0 Å². The van der Waals surface area contributed by atoms with E-state index in [0.717, 1.165) is 79.8 Å². The highest BCUT2D eigenvalue weighted by molar-refractivity contribution is 5.99. The summed E-state index contributed by atoms with van der Waals surface area (Å²) in [6.07, 6.45) is 10.2. The Morgan fingerprint density at radius 3 is 2.30 bits per heavy atom. The molecule has 1 N–H and O–H groups in total. The molecule has 2 heterocycles. The monoisotopic (exact) mass is 449 g/mol. The smallest absolute Gasteiger partial charge is 0.247 e. The van der Waals surface area contributed by atoms with Crippen LogP contribution in [0.4, 0.5) is 11.4 Å². The number of benzene rings is 1. The lowest BCUT2D eigenvalue weighted by molar-refractivity contribution is -0.160. The van der Waals surface area contributed by atoms with Gasteiger partial charge in [0.05, 0.1) is 5.41 Å². The van der Waals surface area contributed by atoms with Gasteiger partial charge in [-0.15, -0.1) is 0 Å². The predicted molar refractivity (Wildman–Crippen MR) is 127 cm³/mol. The maximum absolute atomic E-state index is 13.9. The second-order valence-electron chi connectivity index (χ2n) is 11.5. The molecule has 1 aromatic rings. The van der Waals surface area contributed by atoms with Crippen LogP contribution in [0, 0.1) is 30.1 Å². The fourth-order valence-corrected chi connectivity index (χ4v) is 8.12. The summed E-state index contributed by atoms with van der Waals surface area (Å²) >= 11 is 0. The van der Waals surface area contributed by atoms with Crippen LogP contribution in [0.1, 0.15) is 69.8 Å². The summed E-state index contributed by atoms with van der Waals surface area (Å²) in [5, 5.41) is 3.08. The molecule has 3 amide bonds. The first-order valence-electron chi connectivity index (χ1n) is 12.9. The zero-order valence-electron chi connectivity index (χ0n) is 19.6. The molecule has 1 atom stereocenters. The first-order valence-corrected chi connectivity index (χ1v) is 12.9. The summed E-state index contributed by atoms with van der Waals surface area (Å²) in [4.78, 5) is 43.0. The number of anilines is 2. The van der Waals surface area contributed by atoms with Gasteiger partial charge in [0.2, 0.25) is 17.7 Å². The molecule has 6 aliphatic rings. The van der Waals surface area contributed by atoms with Gasteiger partial charge in [-0.25, -0.2) is 0 Å². The van der Waals surface area contributed by atoms with E-state index in [1.165, 1.54) is 19.3 Å². The van der Waals surface area contributed by atoms with E-state index in [1.54, 1.807) is 0 Å². The van der Waals surface area contributed by atoms with Crippen LogP contribution in [-0.2, 0) is 14.4 Å². The number of hydrogen-bond acceptors (Lipinski definition) is 3. The lowest BCUT2D eigenvalue weighted by atomic mass is 9.49. The predicted octanol–water partition coefficient (Wildman–Crippen LogP) is 4.27. The summed E-state index contributed by atoms with van der Waals surface area (Å²) in [5.41, 5.74) is 2.45. The fourth-order valence-electron chi connectivity index (χ4n) is 8.12. The van der Waals surface area contributed by atoms with Gasteiger partial charge in [-0.3, -0.25) is 14.4 Å². The Kier molecular flexibility index (Phi) is 5.04. The van der Waals surface area contributed by atoms with E-state index in [9.17, 15) is 14.4 Å². The normalized spacial score (nSPS) is 34.9. The molecule has 6 nitrogen and oxygen atoms in total. The van der Waals surface area contributed by atoms with Crippen LogP contribution in [-0.4, -0.2) is 41.8 Å². The number of hydrogen-bond donors (Lipinski definition) is 1. The maximum atomic E-state index is 13.9. The molecule has 4 bridgehead atoms. The Morgan fingerprint density at radius 2 is 1.70 bits per heavy atom. The van der Waals surface area contributed by atoms with Crippen molar-refractivity contribution in [3.05, 3.63) is 23.8 Å². The molecular weight excluding hydrogens is 414 g/mol. The molecule has 33 heavy (non-hydrogen) atoms. The average molecular weight is 450 g/mol. The van der Waals surface area contributed by atoms with Crippen molar-refractivity contribution < 1.29 is 14.4 Å². The van der Waals surface area contributed by atoms with E-state index < -0.39 is 0 Å². The molecule has 4 saturated carbocycles. The molecule has 1 aromatic carbocycles. The molecule has 2 saturated heterocycles. The number of likely N-dealkylation sites (tertiary alicyclic amines) is 1. The van der Waals surface area contributed by atoms with Crippen LogP contribution >= 0.6 is 0 Å². The summed E-state index contributed by atoms with van der Waals surface area (Å²) in [6, 6.07) is 5.39. The van der Waals surface area contributed by atoms with Crippen LogP contribution in [0.5, 0.6) is 0 Å². The second kappa shape index (κ2) is 7.85. The highest BCUT2D eigenvalue weighted by Crippen LogP contribution is 2.60. The van der Waals surface area contributed by atoms with Crippen molar-refractivity contribution >= 4 is 29.1 Å². The van der Waals surface area contributed by atoms with Crippen LogP contribution in [0.25, 0.3) is 0 Å². The summed E-state index contributed by atoms with van der Waals surface area (Å²) in [5.74, 6) is 2.52. The highest BCUT2D eigenvalue weighted by Gasteiger charge is 2.56. The Bertz CT molecular complexity index is 967. The van der Waals surface area contributed by atoms with Crippen LogP contribution in [0.2, 0.25) is 0 Å². The first-order chi connectivity index (χ1) is 15.9. The second-order valence-corrected chi connectivity index (χ2v) is 11.5. The van der Waals surface area contributed by atoms with Gasteiger partial charge in [0.25, 0.3) is 0 Å². The molecule has 0 radical (unpaired) electrons. The molecule has 6 fully saturated rings. The molecule has 2 aliphatic heterocycles. The number of rotatable bonds is 4. The minimum absolute atomic E-state index is 0.0741. The third kappa shape index (κ3) is 3.57. The zero-order chi connectivity index (χ0) is 22.7. The molecule has 4 aliphatic carbocycles. The van der Waals surface area contributed by atoms with Crippen molar-refractivity contribution in [2.75, 3.05) is 23.3 Å². The van der Waals surface area contributed by atoms with Crippen molar-refractivity contribution in [3.8, 4) is 0 Å². The summed E-state index contributed by atoms with van der Waals surface area (Å²) in [6.45, 7) is 3.44. The average Bonchev–Trinajstić information content (AvgIpc) is 3.42. The summed E-state index contributed by atoms with van der Waals surface area (Å²) in [7, 11) is 0. The van der Waals surface area contributed by atoms with E-state index in [4.69, 9.17) is 0 Å². The number of aryl methyl sites for hydroxylation is 1. The van der Waals surface area contributed by atoms with Crippen molar-refractivity contribution in [3.63, 3.8) is 0 Å². The van der Waals surface area contributed by atoms with Gasteiger partial charge in [-0.1, -0.05) is 0 Å². The van der Waals surface area contributed by atoms with Crippen molar-refractivity contribution in [1.82, 2.24) is 4.90 Å². The minimum atomic E-state index is -0.370. The molecular formula is C27H35N3O3. The number of nitrogens with one attached hydrogen (secondary N) is 1. The Morgan fingerprint density at radius 1 is 1.00 bits per heavy atom. The Balaban J connectivity index is 1.16. The van der Waals surface area contributed by atoms with Gasteiger partial charge in [0.1, 0.15) is 6.04 Å². The maximum Gasteiger partial charge on any atom is 0.247 e. The Hall–Kier alpha value is -2.37. The van der Waals surface area contributed by atoms with E-state index in [1.807, 2.05) is 34.9 Å². The Labute approximate surface area is 196 Å². The molecule has 176 valence electrons. The van der Waals surface area contributed by atoms with Crippen LogP contribution < -0.4 is 10.2 Å². The summed E-state index contributed by atoms with van der Waals surface area (Å²) < 4.78 is 0. The van der Waals surface area contributed by atoms with Crippen LogP contribution in [0.15, 0.2) is 18.2 Å². The van der Waals surface area contributed by atoms with Gasteiger partial charge >= 0.3 is 0 Å². The van der Waals surface area contributed by atoms with E-state index >= 15 is 0 Å². The van der Waals surface area contributed by atoms with Gasteiger partial charge in [0.15, 0.2) is 0 Å². The quantitative estimate of drug-likeness (QED) is 0.746. The highest BCUT2D eigenvalue weighted by atomic mass is 16.2. The number of carbonyl (C=O) groups excluding carboxylic acids is 3. The molecule has 7 rings (SSSR count). The first kappa shape index (κ1) is 21.2. The van der Waals surface area contributed by atoms with Crippen molar-refractivity contribution in [2.45, 2.75) is 77.2 Å². The molecule has 0 spiro atoms. The van der Waals surface area contributed by atoms with Crippen LogP contribution in [0.3, 0.4) is 0 Å². The largest absolute Gasteiger partial charge is 0.330 e. The van der Waals surface area contributed by atoms with Gasteiger partial charge in [0, 0.05) is 30.9 Å². The van der Waals surface area contributed by atoms with Gasteiger partial charge in [-0.2, -0.15) is 0 Å². The molecule has 6 heteroatoms. The third-order valence-corrected chi connectivity index (χ3v) is 9.14. The molecule has 0 aromatic heterocycles. The van der Waals surface area contributed by atoms with Gasteiger partial charge in [-0.05, 0) is 106 Å². The SMILES string of the molecule is Cc1cc(NC(=O)[C@H]2CCCN2C(=O)C23CC4CC(CC(C4)C2)C3)ccc1N1CCCC1=O. The number of nitrogens with zero attached hydrogens (tertiary/aromatic N) is 2. The van der Waals surface area contributed by atoms with Crippen molar-refractivity contribution in [2.24, 2.45) is 23.2 Å². The standard InChI is InChI=1S/C27H35N3O3/c1-17-10-21(6-7-22(17)29-8-3-5-24(29)31)28-25(32)23-4-2-9-30(23)26(33)27-14-18-11-19(15-27)13-20(12-18)16-27/h6-7,10,18-20,23H,2-5,8-9,11-16H2,1H3,(H,28,32)/t18?,19?,20?,23-,27?/m1/s1. The zero-order valence-corrected chi connectivity index (χ0v) is 19.6. The van der Waals surface area contributed by atoms with Gasteiger partial charge < -0.3 is 15.1 Å². The van der Waals surface area contributed by atoms with E-state index in [0.29, 0.717) is 13.0 Å². The topological polar surface area (TPSA) is 69.7 Å². The molecule has 0 unspecified atom stereocenters.